The number of hydrogen-bond acceptors (Lipinski definition) is 3. The molecule has 0 saturated heterocycles. The Morgan fingerprint density at radius 1 is 1.04 bits per heavy atom. The highest BCUT2D eigenvalue weighted by Gasteiger charge is 2.21. The van der Waals surface area contributed by atoms with Gasteiger partial charge in [0, 0.05) is 13.3 Å². The lowest BCUT2D eigenvalue weighted by atomic mass is 9.82. The maximum atomic E-state index is 11.2. The van der Waals surface area contributed by atoms with Gasteiger partial charge in [-0.05, 0) is 67.6 Å². The van der Waals surface area contributed by atoms with Crippen LogP contribution in [0.25, 0.3) is 0 Å². The Hall–Kier alpha value is -1.64. The number of carbonyl (C=O) groups is 2. The van der Waals surface area contributed by atoms with E-state index < -0.39 is 0 Å². The molecule has 2 rings (SSSR count). The molecule has 140 valence electrons. The minimum absolute atomic E-state index is 0.242. The molecule has 0 heterocycles. The van der Waals surface area contributed by atoms with Gasteiger partial charge in [-0.1, -0.05) is 39.8 Å². The highest BCUT2D eigenvalue weighted by atomic mass is 16.5. The summed E-state index contributed by atoms with van der Waals surface area (Å²) in [6, 6.07) is 0. The quantitative estimate of drug-likeness (QED) is 0.623. The third kappa shape index (κ3) is 7.01. The fourth-order valence-corrected chi connectivity index (χ4v) is 2.97. The van der Waals surface area contributed by atoms with Crippen molar-refractivity contribution in [2.24, 2.45) is 23.7 Å². The molecule has 0 spiro atoms. The molecule has 0 aromatic heterocycles. The van der Waals surface area contributed by atoms with Crippen molar-refractivity contribution in [3.8, 4) is 0 Å². The van der Waals surface area contributed by atoms with Crippen LogP contribution in [0.1, 0.15) is 67.7 Å². The minimum atomic E-state index is -0.242. The molecule has 0 aliphatic heterocycles. The molecular weight excluding hydrogens is 312 g/mol. The van der Waals surface area contributed by atoms with E-state index in [0.29, 0.717) is 29.5 Å². The fraction of sp³-hybridized carbons (Fsp3) is 0.636. The number of hydrogen-bond donors (Lipinski definition) is 0. The Morgan fingerprint density at radius 2 is 1.64 bits per heavy atom. The summed E-state index contributed by atoms with van der Waals surface area (Å²) in [7, 11) is 0. The zero-order valence-corrected chi connectivity index (χ0v) is 16.9. The predicted molar refractivity (Wildman–Crippen MR) is 103 cm³/mol. The largest absolute Gasteiger partial charge is 0.427 e. The first kappa shape index (κ1) is 21.4. The van der Waals surface area contributed by atoms with Crippen molar-refractivity contribution >= 4 is 11.8 Å². The average Bonchev–Trinajstić information content (AvgIpc) is 2.52. The van der Waals surface area contributed by atoms with E-state index in [1.807, 2.05) is 13.8 Å². The number of rotatable bonds is 3. The molecule has 0 amide bonds. The van der Waals surface area contributed by atoms with Crippen LogP contribution in [0.15, 0.2) is 35.1 Å². The third-order valence-corrected chi connectivity index (χ3v) is 5.12. The molecule has 0 N–H and O–H groups in total. The molecule has 2 atom stereocenters. The number of allylic oxidation sites excluding steroid dienone is 5. The second kappa shape index (κ2) is 9.74. The normalized spacial score (nSPS) is 23.4. The van der Waals surface area contributed by atoms with Crippen molar-refractivity contribution in [3.63, 3.8) is 0 Å². The first-order chi connectivity index (χ1) is 11.6. The van der Waals surface area contributed by atoms with Gasteiger partial charge in [0.2, 0.25) is 0 Å². The summed E-state index contributed by atoms with van der Waals surface area (Å²) in [6.45, 7) is 14.1. The summed E-state index contributed by atoms with van der Waals surface area (Å²) in [5.41, 5.74) is 2.03. The van der Waals surface area contributed by atoms with E-state index in [-0.39, 0.29) is 5.97 Å². The summed E-state index contributed by atoms with van der Waals surface area (Å²) in [5, 5.41) is 0. The van der Waals surface area contributed by atoms with Crippen LogP contribution in [-0.4, -0.2) is 11.8 Å². The third-order valence-electron chi connectivity index (χ3n) is 5.12. The molecule has 3 heteroatoms. The van der Waals surface area contributed by atoms with Gasteiger partial charge in [0.15, 0.2) is 5.78 Å². The van der Waals surface area contributed by atoms with Crippen molar-refractivity contribution in [2.45, 2.75) is 67.7 Å². The minimum Gasteiger partial charge on any atom is -0.427 e. The van der Waals surface area contributed by atoms with E-state index in [9.17, 15) is 9.59 Å². The lowest BCUT2D eigenvalue weighted by molar-refractivity contribution is -0.136. The van der Waals surface area contributed by atoms with Crippen LogP contribution in [0.3, 0.4) is 0 Å². The van der Waals surface area contributed by atoms with Gasteiger partial charge < -0.3 is 4.74 Å². The van der Waals surface area contributed by atoms with Gasteiger partial charge in [-0.15, -0.1) is 0 Å². The first-order valence-corrected chi connectivity index (χ1v) is 9.39. The van der Waals surface area contributed by atoms with Gasteiger partial charge in [-0.25, -0.2) is 0 Å². The Morgan fingerprint density at radius 3 is 2.12 bits per heavy atom. The molecule has 2 aliphatic carbocycles. The van der Waals surface area contributed by atoms with Crippen LogP contribution in [0.2, 0.25) is 0 Å². The molecule has 0 fully saturated rings. The Bertz CT molecular complexity index is 576. The van der Waals surface area contributed by atoms with Crippen LogP contribution in [0, 0.1) is 23.7 Å². The summed E-state index contributed by atoms with van der Waals surface area (Å²) in [5.74, 6) is 3.15. The van der Waals surface area contributed by atoms with Crippen LogP contribution in [0.5, 0.6) is 0 Å². The van der Waals surface area contributed by atoms with Crippen molar-refractivity contribution in [1.29, 1.82) is 0 Å². The smallest absolute Gasteiger partial charge is 0.308 e. The lowest BCUT2D eigenvalue weighted by Crippen LogP contribution is -2.18. The van der Waals surface area contributed by atoms with Gasteiger partial charge in [-0.2, -0.15) is 0 Å². The highest BCUT2D eigenvalue weighted by Crippen LogP contribution is 2.28. The van der Waals surface area contributed by atoms with E-state index >= 15 is 0 Å². The Kier molecular flexibility index (Phi) is 8.34. The molecule has 0 radical (unpaired) electrons. The van der Waals surface area contributed by atoms with Crippen LogP contribution in [0.4, 0.5) is 0 Å². The van der Waals surface area contributed by atoms with Crippen molar-refractivity contribution in [3.05, 3.63) is 35.1 Å². The van der Waals surface area contributed by atoms with Crippen molar-refractivity contribution < 1.29 is 14.3 Å². The molecule has 3 nitrogen and oxygen atoms in total. The van der Waals surface area contributed by atoms with Crippen LogP contribution < -0.4 is 0 Å². The SMILES string of the molecule is CC(=O)OC1=C[C@@H](C(C)C)CC=C1C.CC1=CC[C@H](C(C)C)CC1=O. The van der Waals surface area contributed by atoms with E-state index in [0.717, 1.165) is 36.2 Å². The number of carbonyl (C=O) groups excluding carboxylic acids is 2. The highest BCUT2D eigenvalue weighted by molar-refractivity contribution is 5.95. The maximum Gasteiger partial charge on any atom is 0.308 e. The summed E-state index contributed by atoms with van der Waals surface area (Å²) < 4.78 is 5.14. The molecular formula is C22H34O3. The molecule has 25 heavy (non-hydrogen) atoms. The Labute approximate surface area is 153 Å². The monoisotopic (exact) mass is 346 g/mol. The van der Waals surface area contributed by atoms with E-state index in [1.165, 1.54) is 6.92 Å². The molecule has 0 saturated carbocycles. The summed E-state index contributed by atoms with van der Waals surface area (Å²) in [4.78, 5) is 22.1. The average molecular weight is 347 g/mol. The van der Waals surface area contributed by atoms with E-state index in [1.54, 1.807) is 0 Å². The number of ketones is 1. The van der Waals surface area contributed by atoms with Crippen LogP contribution >= 0.6 is 0 Å². The molecule has 0 bridgehead atoms. The van der Waals surface area contributed by atoms with E-state index in [4.69, 9.17) is 4.74 Å². The second-order valence-electron chi connectivity index (χ2n) is 7.91. The molecule has 0 aromatic carbocycles. The number of esters is 1. The zero-order chi connectivity index (χ0) is 19.1. The second-order valence-corrected chi connectivity index (χ2v) is 7.91. The fourth-order valence-electron chi connectivity index (χ4n) is 2.97. The lowest BCUT2D eigenvalue weighted by Gasteiger charge is -2.22. The Balaban J connectivity index is 0.000000257. The van der Waals surface area contributed by atoms with Gasteiger partial charge >= 0.3 is 5.97 Å². The number of Topliss-reactive ketones (excluding diaryl/α,β-unsaturated/α-hetero) is 1. The molecule has 0 aromatic rings. The summed E-state index contributed by atoms with van der Waals surface area (Å²) in [6.07, 6.45) is 9.20. The molecule has 2 aliphatic rings. The van der Waals surface area contributed by atoms with Gasteiger partial charge in [-0.3, -0.25) is 9.59 Å². The first-order valence-electron chi connectivity index (χ1n) is 9.39. The van der Waals surface area contributed by atoms with Gasteiger partial charge in [0.25, 0.3) is 0 Å². The molecule has 0 unspecified atom stereocenters. The van der Waals surface area contributed by atoms with Gasteiger partial charge in [0.1, 0.15) is 5.76 Å². The zero-order valence-electron chi connectivity index (χ0n) is 16.9. The number of ether oxygens (including phenoxy) is 1. The maximum absolute atomic E-state index is 11.2. The van der Waals surface area contributed by atoms with E-state index in [2.05, 4.69) is 45.9 Å². The predicted octanol–water partition coefficient (Wildman–Crippen LogP) is 5.62. The van der Waals surface area contributed by atoms with Crippen molar-refractivity contribution in [2.75, 3.05) is 0 Å². The standard InChI is InChI=1S/C12H18O2.C10H16O/c1-8(2)11-6-5-9(3)12(7-11)14-10(4)13;1-7(2)9-5-4-8(3)10(11)6-9/h5,7-8,11H,6H2,1-4H3;4,7,9H,5-6H2,1-3H3/t11-;9-/m00/s1. The van der Waals surface area contributed by atoms with Crippen molar-refractivity contribution in [1.82, 2.24) is 0 Å². The summed E-state index contributed by atoms with van der Waals surface area (Å²) >= 11 is 0. The van der Waals surface area contributed by atoms with Gasteiger partial charge in [0.05, 0.1) is 0 Å². The topological polar surface area (TPSA) is 43.4 Å². The van der Waals surface area contributed by atoms with Crippen LogP contribution in [-0.2, 0) is 14.3 Å².